The summed E-state index contributed by atoms with van der Waals surface area (Å²) in [5.41, 5.74) is 1.41. The minimum atomic E-state index is -4.32. The third-order valence-corrected chi connectivity index (χ3v) is 4.70. The molecule has 1 aromatic carbocycles. The zero-order valence-electron chi connectivity index (χ0n) is 14.9. The van der Waals surface area contributed by atoms with Crippen molar-refractivity contribution in [1.82, 2.24) is 15.1 Å². The van der Waals surface area contributed by atoms with E-state index in [4.69, 9.17) is 4.74 Å². The Morgan fingerprint density at radius 1 is 1.27 bits per heavy atom. The average molecular weight is 367 g/mol. The van der Waals surface area contributed by atoms with Crippen LogP contribution in [0.2, 0.25) is 0 Å². The second-order valence-electron chi connectivity index (χ2n) is 6.72. The number of hydrogen-bond acceptors (Lipinski definition) is 3. The Hall–Kier alpha value is -2.02. The number of benzene rings is 1. The fraction of sp³-hybridized carbons (Fsp3) is 0.526. The lowest BCUT2D eigenvalue weighted by atomic mass is 10.0. The van der Waals surface area contributed by atoms with Crippen molar-refractivity contribution in [2.75, 3.05) is 26.2 Å². The summed E-state index contributed by atoms with van der Waals surface area (Å²) < 4.78 is 43.1. The summed E-state index contributed by atoms with van der Waals surface area (Å²) in [6.07, 6.45) is -1.39. The van der Waals surface area contributed by atoms with Gasteiger partial charge in [-0.2, -0.15) is 18.3 Å². The van der Waals surface area contributed by atoms with Crippen LogP contribution in [0.3, 0.4) is 0 Å². The zero-order chi connectivity index (χ0) is 18.6. The van der Waals surface area contributed by atoms with Gasteiger partial charge in [0.15, 0.2) is 0 Å². The molecule has 7 heteroatoms. The summed E-state index contributed by atoms with van der Waals surface area (Å²) in [6, 6.07) is 6.85. The normalized spacial score (nSPS) is 18.4. The molecule has 0 bridgehead atoms. The van der Waals surface area contributed by atoms with Gasteiger partial charge in [-0.15, -0.1) is 0 Å². The Labute approximate surface area is 151 Å². The van der Waals surface area contributed by atoms with Crippen LogP contribution in [0.1, 0.15) is 42.6 Å². The van der Waals surface area contributed by atoms with Crippen molar-refractivity contribution in [3.05, 3.63) is 47.3 Å². The number of nitrogens with one attached hydrogen (secondary N) is 1. The molecule has 0 radical (unpaired) electrons. The third kappa shape index (κ3) is 4.78. The second kappa shape index (κ2) is 8.12. The Morgan fingerprint density at radius 3 is 2.73 bits per heavy atom. The molecule has 1 aliphatic heterocycles. The van der Waals surface area contributed by atoms with Gasteiger partial charge in [0.25, 0.3) is 0 Å². The number of nitrogens with zero attached hydrogens (tertiary/aromatic N) is 2. The molecule has 1 atom stereocenters. The van der Waals surface area contributed by atoms with Crippen LogP contribution in [0.15, 0.2) is 30.3 Å². The van der Waals surface area contributed by atoms with E-state index in [9.17, 15) is 13.2 Å². The number of rotatable bonds is 7. The van der Waals surface area contributed by atoms with Gasteiger partial charge in [-0.25, -0.2) is 0 Å². The first-order valence-corrected chi connectivity index (χ1v) is 9.02. The van der Waals surface area contributed by atoms with Gasteiger partial charge in [0.2, 0.25) is 0 Å². The molecular weight excluding hydrogens is 343 g/mol. The van der Waals surface area contributed by atoms with Crippen LogP contribution >= 0.6 is 0 Å². The molecule has 1 N–H and O–H groups in total. The van der Waals surface area contributed by atoms with E-state index in [1.54, 1.807) is 0 Å². The molecule has 1 fully saturated rings. The van der Waals surface area contributed by atoms with Gasteiger partial charge in [-0.1, -0.05) is 6.92 Å². The van der Waals surface area contributed by atoms with Gasteiger partial charge < -0.3 is 9.64 Å². The first-order chi connectivity index (χ1) is 12.5. The van der Waals surface area contributed by atoms with E-state index in [2.05, 4.69) is 28.1 Å². The summed E-state index contributed by atoms with van der Waals surface area (Å²) in [7, 11) is 0. The highest BCUT2D eigenvalue weighted by atomic mass is 19.4. The third-order valence-electron chi connectivity index (χ3n) is 4.70. The van der Waals surface area contributed by atoms with Crippen LogP contribution in [-0.4, -0.2) is 41.3 Å². The monoisotopic (exact) mass is 367 g/mol. The van der Waals surface area contributed by atoms with Crippen LogP contribution in [0.25, 0.3) is 0 Å². The lowest BCUT2D eigenvalue weighted by molar-refractivity contribution is -0.137. The SMILES string of the molecule is CCCN1CC[C@@H](c2cc(CCOc3ccc(C(F)(F)F)cc3)[nH]n2)C1. The number of ether oxygens (including phenoxy) is 1. The number of aromatic nitrogens is 2. The quantitative estimate of drug-likeness (QED) is 0.795. The molecule has 0 amide bonds. The molecule has 1 aromatic heterocycles. The highest BCUT2D eigenvalue weighted by molar-refractivity contribution is 5.28. The molecule has 0 unspecified atom stereocenters. The molecule has 2 heterocycles. The minimum absolute atomic E-state index is 0.389. The summed E-state index contributed by atoms with van der Waals surface area (Å²) in [4.78, 5) is 2.47. The van der Waals surface area contributed by atoms with Crippen LogP contribution in [0.5, 0.6) is 5.75 Å². The smallest absolute Gasteiger partial charge is 0.416 e. The van der Waals surface area contributed by atoms with Crippen molar-refractivity contribution < 1.29 is 17.9 Å². The maximum absolute atomic E-state index is 12.5. The van der Waals surface area contributed by atoms with Crippen molar-refractivity contribution in [3.8, 4) is 5.75 Å². The summed E-state index contributed by atoms with van der Waals surface area (Å²) in [6.45, 7) is 5.89. The number of H-pyrrole nitrogens is 1. The standard InChI is InChI=1S/C19H24F3N3O/c1-2-9-25-10-7-14(13-25)18-12-16(23-24-18)8-11-26-17-5-3-15(4-6-17)19(20,21)22/h3-6,12,14H,2,7-11,13H2,1H3,(H,23,24)/t14-/m1/s1. The molecule has 4 nitrogen and oxygen atoms in total. The number of halogens is 3. The van der Waals surface area contributed by atoms with Gasteiger partial charge >= 0.3 is 6.18 Å². The zero-order valence-corrected chi connectivity index (χ0v) is 14.9. The topological polar surface area (TPSA) is 41.1 Å². The average Bonchev–Trinajstić information content (AvgIpc) is 3.24. The summed E-state index contributed by atoms with van der Waals surface area (Å²) in [5, 5.41) is 7.47. The van der Waals surface area contributed by atoms with Crippen LogP contribution in [0, 0.1) is 0 Å². The largest absolute Gasteiger partial charge is 0.493 e. The highest BCUT2D eigenvalue weighted by Crippen LogP contribution is 2.30. The lowest BCUT2D eigenvalue weighted by Crippen LogP contribution is -2.20. The Kier molecular flexibility index (Phi) is 5.86. The van der Waals surface area contributed by atoms with Gasteiger partial charge in [0.1, 0.15) is 5.75 Å². The number of alkyl halides is 3. The molecular formula is C19H24F3N3O. The molecule has 0 saturated carbocycles. The highest BCUT2D eigenvalue weighted by Gasteiger charge is 2.30. The molecule has 3 rings (SSSR count). The van der Waals surface area contributed by atoms with E-state index < -0.39 is 11.7 Å². The van der Waals surface area contributed by atoms with E-state index in [1.165, 1.54) is 18.6 Å². The van der Waals surface area contributed by atoms with Crippen LogP contribution < -0.4 is 4.74 Å². The van der Waals surface area contributed by atoms with Crippen LogP contribution in [0.4, 0.5) is 13.2 Å². The van der Waals surface area contributed by atoms with Gasteiger partial charge in [0.05, 0.1) is 17.9 Å². The Balaban J connectivity index is 1.47. The molecule has 1 aliphatic rings. The Morgan fingerprint density at radius 2 is 2.04 bits per heavy atom. The van der Waals surface area contributed by atoms with Crippen LogP contribution in [-0.2, 0) is 12.6 Å². The fourth-order valence-corrected chi connectivity index (χ4v) is 3.33. The van der Waals surface area contributed by atoms with Crippen molar-refractivity contribution >= 4 is 0 Å². The summed E-state index contributed by atoms with van der Waals surface area (Å²) in [5.74, 6) is 0.908. The van der Waals surface area contributed by atoms with Crippen molar-refractivity contribution in [2.24, 2.45) is 0 Å². The van der Waals surface area contributed by atoms with Gasteiger partial charge in [-0.3, -0.25) is 5.10 Å². The number of hydrogen-bond donors (Lipinski definition) is 1. The maximum atomic E-state index is 12.5. The minimum Gasteiger partial charge on any atom is -0.493 e. The first kappa shape index (κ1) is 18.8. The predicted octanol–water partition coefficient (Wildman–Crippen LogP) is 4.25. The van der Waals surface area contributed by atoms with E-state index in [-0.39, 0.29) is 0 Å². The van der Waals surface area contributed by atoms with E-state index >= 15 is 0 Å². The van der Waals surface area contributed by atoms with Gasteiger partial charge in [0, 0.05) is 24.6 Å². The van der Waals surface area contributed by atoms with Gasteiger partial charge in [-0.05, 0) is 56.3 Å². The molecule has 0 spiro atoms. The first-order valence-electron chi connectivity index (χ1n) is 9.02. The Bertz CT molecular complexity index is 697. The summed E-state index contributed by atoms with van der Waals surface area (Å²) >= 11 is 0. The van der Waals surface area contributed by atoms with E-state index in [1.807, 2.05) is 0 Å². The molecule has 1 saturated heterocycles. The fourth-order valence-electron chi connectivity index (χ4n) is 3.33. The van der Waals surface area contributed by atoms with E-state index in [0.717, 1.165) is 49.6 Å². The molecule has 0 aliphatic carbocycles. The van der Waals surface area contributed by atoms with Crippen molar-refractivity contribution in [3.63, 3.8) is 0 Å². The van der Waals surface area contributed by atoms with E-state index in [0.29, 0.717) is 24.7 Å². The van der Waals surface area contributed by atoms with Crippen molar-refractivity contribution in [2.45, 2.75) is 38.3 Å². The number of likely N-dealkylation sites (tertiary alicyclic amines) is 1. The molecule has 142 valence electrons. The predicted molar refractivity (Wildman–Crippen MR) is 93.3 cm³/mol. The van der Waals surface area contributed by atoms with Crippen molar-refractivity contribution in [1.29, 1.82) is 0 Å². The molecule has 2 aromatic rings. The lowest BCUT2D eigenvalue weighted by Gasteiger charge is -2.13. The second-order valence-corrected chi connectivity index (χ2v) is 6.72. The maximum Gasteiger partial charge on any atom is 0.416 e. The molecule has 26 heavy (non-hydrogen) atoms. The number of aromatic amines is 1.